The Kier molecular flexibility index (Phi) is 4.08. The Morgan fingerprint density at radius 3 is 2.71 bits per heavy atom. The Morgan fingerprint density at radius 1 is 1.29 bits per heavy atom. The third-order valence-electron chi connectivity index (χ3n) is 5.20. The summed E-state index contributed by atoms with van der Waals surface area (Å²) in [7, 11) is -3.43. The normalized spacial score (nSPS) is 28.2. The summed E-state index contributed by atoms with van der Waals surface area (Å²) in [5, 5.41) is 0. The predicted molar refractivity (Wildman–Crippen MR) is 83.2 cm³/mol. The fourth-order valence-electron chi connectivity index (χ4n) is 3.98. The maximum absolute atomic E-state index is 12.5. The van der Waals surface area contributed by atoms with Crippen LogP contribution in [-0.4, -0.2) is 15.0 Å². The van der Waals surface area contributed by atoms with Crippen molar-refractivity contribution in [2.45, 2.75) is 44.0 Å². The molecule has 2 aliphatic carbocycles. The van der Waals surface area contributed by atoms with Gasteiger partial charge in [-0.1, -0.05) is 18.6 Å². The zero-order valence-corrected chi connectivity index (χ0v) is 13.3. The van der Waals surface area contributed by atoms with Crippen LogP contribution in [0.4, 0.5) is 0 Å². The monoisotopic (exact) mass is 308 g/mol. The van der Waals surface area contributed by atoms with Crippen molar-refractivity contribution in [2.75, 3.05) is 6.54 Å². The van der Waals surface area contributed by atoms with Gasteiger partial charge < -0.3 is 5.73 Å². The molecule has 0 saturated heterocycles. The van der Waals surface area contributed by atoms with Crippen molar-refractivity contribution in [3.8, 4) is 0 Å². The lowest BCUT2D eigenvalue weighted by atomic mass is 9.89. The summed E-state index contributed by atoms with van der Waals surface area (Å²) in [6.45, 7) is 2.76. The van der Waals surface area contributed by atoms with Crippen molar-refractivity contribution >= 4 is 10.0 Å². The minimum absolute atomic E-state index is 0.356. The Balaban J connectivity index is 1.72. The molecule has 0 radical (unpaired) electrons. The molecule has 1 aromatic rings. The maximum atomic E-state index is 12.5. The quantitative estimate of drug-likeness (QED) is 0.875. The van der Waals surface area contributed by atoms with E-state index in [4.69, 9.17) is 5.73 Å². The van der Waals surface area contributed by atoms with Crippen LogP contribution in [0, 0.1) is 24.7 Å². The standard InChI is InChI=1S/C16H24N2O2S/c1-11-2-3-13(9-17)8-16(11)21(19,20)18-10-15-7-12-4-5-14(15)6-12/h2-3,8,12,14-15,18H,4-7,9-10,17H2,1H3. The topological polar surface area (TPSA) is 72.2 Å². The number of fused-ring (bicyclic) bond motifs is 2. The Labute approximate surface area is 127 Å². The van der Waals surface area contributed by atoms with Crippen molar-refractivity contribution in [3.05, 3.63) is 29.3 Å². The van der Waals surface area contributed by atoms with E-state index in [-0.39, 0.29) is 0 Å². The molecule has 0 aliphatic heterocycles. The Bertz CT molecular complexity index is 627. The highest BCUT2D eigenvalue weighted by atomic mass is 32.2. The van der Waals surface area contributed by atoms with Crippen LogP contribution in [-0.2, 0) is 16.6 Å². The highest BCUT2D eigenvalue weighted by molar-refractivity contribution is 7.89. The second-order valence-electron chi connectivity index (χ2n) is 6.59. The molecule has 2 aliphatic rings. The van der Waals surface area contributed by atoms with Gasteiger partial charge in [0, 0.05) is 13.1 Å². The summed E-state index contributed by atoms with van der Waals surface area (Å²) in [5.41, 5.74) is 7.23. The zero-order valence-electron chi connectivity index (χ0n) is 12.5. The maximum Gasteiger partial charge on any atom is 0.240 e. The first-order valence-electron chi connectivity index (χ1n) is 7.79. The van der Waals surface area contributed by atoms with Gasteiger partial charge in [-0.25, -0.2) is 13.1 Å². The van der Waals surface area contributed by atoms with Gasteiger partial charge in [-0.2, -0.15) is 0 Å². The first-order valence-corrected chi connectivity index (χ1v) is 9.27. The molecule has 3 rings (SSSR count). The smallest absolute Gasteiger partial charge is 0.240 e. The highest BCUT2D eigenvalue weighted by Crippen LogP contribution is 2.48. The van der Waals surface area contributed by atoms with Crippen LogP contribution in [0.15, 0.2) is 23.1 Å². The minimum Gasteiger partial charge on any atom is -0.326 e. The van der Waals surface area contributed by atoms with Gasteiger partial charge in [-0.15, -0.1) is 0 Å². The van der Waals surface area contributed by atoms with E-state index in [1.807, 2.05) is 19.1 Å². The van der Waals surface area contributed by atoms with Gasteiger partial charge in [0.25, 0.3) is 0 Å². The molecule has 5 heteroatoms. The van der Waals surface area contributed by atoms with Crippen molar-refractivity contribution in [1.29, 1.82) is 0 Å². The minimum atomic E-state index is -3.43. The third-order valence-corrected chi connectivity index (χ3v) is 6.76. The molecule has 21 heavy (non-hydrogen) atoms. The molecule has 3 unspecified atom stereocenters. The van der Waals surface area contributed by atoms with Crippen LogP contribution in [0.1, 0.15) is 36.8 Å². The number of hydrogen-bond donors (Lipinski definition) is 2. The van der Waals surface area contributed by atoms with E-state index in [2.05, 4.69) is 4.72 Å². The molecule has 0 spiro atoms. The van der Waals surface area contributed by atoms with E-state index in [1.165, 1.54) is 25.7 Å². The summed E-state index contributed by atoms with van der Waals surface area (Å²) in [6.07, 6.45) is 5.10. The van der Waals surface area contributed by atoms with Gasteiger partial charge in [0.1, 0.15) is 0 Å². The summed E-state index contributed by atoms with van der Waals surface area (Å²) >= 11 is 0. The molecule has 116 valence electrons. The van der Waals surface area contributed by atoms with Gasteiger partial charge in [-0.3, -0.25) is 0 Å². The predicted octanol–water partition coefficient (Wildman–Crippen LogP) is 2.17. The molecular weight excluding hydrogens is 284 g/mol. The van der Waals surface area contributed by atoms with Crippen LogP contribution >= 0.6 is 0 Å². The number of sulfonamides is 1. The van der Waals surface area contributed by atoms with E-state index in [1.54, 1.807) is 6.07 Å². The molecule has 2 bridgehead atoms. The van der Waals surface area contributed by atoms with Gasteiger partial charge >= 0.3 is 0 Å². The average molecular weight is 308 g/mol. The van der Waals surface area contributed by atoms with Gasteiger partial charge in [0.05, 0.1) is 4.90 Å². The van der Waals surface area contributed by atoms with E-state index in [9.17, 15) is 8.42 Å². The van der Waals surface area contributed by atoms with E-state index < -0.39 is 10.0 Å². The first kappa shape index (κ1) is 15.0. The van der Waals surface area contributed by atoms with Crippen molar-refractivity contribution in [2.24, 2.45) is 23.5 Å². The third kappa shape index (κ3) is 3.00. The first-order chi connectivity index (χ1) is 9.99. The Hall–Kier alpha value is -0.910. The van der Waals surface area contributed by atoms with Crippen LogP contribution in [0.3, 0.4) is 0 Å². The van der Waals surface area contributed by atoms with E-state index >= 15 is 0 Å². The summed E-state index contributed by atoms with van der Waals surface area (Å²) in [5.74, 6) is 2.09. The van der Waals surface area contributed by atoms with Gasteiger partial charge in [-0.05, 0) is 61.1 Å². The highest BCUT2D eigenvalue weighted by Gasteiger charge is 2.39. The fraction of sp³-hybridized carbons (Fsp3) is 0.625. The molecular formula is C16H24N2O2S. The van der Waals surface area contributed by atoms with Crippen LogP contribution in [0.25, 0.3) is 0 Å². The Morgan fingerprint density at radius 2 is 2.10 bits per heavy atom. The lowest BCUT2D eigenvalue weighted by Crippen LogP contribution is -2.32. The van der Waals surface area contributed by atoms with E-state index in [0.717, 1.165) is 23.0 Å². The molecule has 4 nitrogen and oxygen atoms in total. The van der Waals surface area contributed by atoms with Gasteiger partial charge in [0.2, 0.25) is 10.0 Å². The van der Waals surface area contributed by atoms with Crippen molar-refractivity contribution in [3.63, 3.8) is 0 Å². The molecule has 0 heterocycles. The second-order valence-corrected chi connectivity index (χ2v) is 8.33. The molecule has 1 aromatic carbocycles. The van der Waals surface area contributed by atoms with Crippen molar-refractivity contribution < 1.29 is 8.42 Å². The molecule has 2 saturated carbocycles. The molecule has 3 atom stereocenters. The van der Waals surface area contributed by atoms with Crippen molar-refractivity contribution in [1.82, 2.24) is 4.72 Å². The summed E-state index contributed by atoms with van der Waals surface area (Å²) in [6, 6.07) is 5.40. The molecule has 3 N–H and O–H groups in total. The second kappa shape index (κ2) is 5.71. The molecule has 0 amide bonds. The molecule has 0 aromatic heterocycles. The number of hydrogen-bond acceptors (Lipinski definition) is 3. The van der Waals surface area contributed by atoms with Gasteiger partial charge in [0.15, 0.2) is 0 Å². The average Bonchev–Trinajstić information content (AvgIpc) is 3.08. The summed E-state index contributed by atoms with van der Waals surface area (Å²) < 4.78 is 27.9. The summed E-state index contributed by atoms with van der Waals surface area (Å²) in [4.78, 5) is 0.369. The van der Waals surface area contributed by atoms with Crippen LogP contribution in [0.5, 0.6) is 0 Å². The fourth-order valence-corrected chi connectivity index (χ4v) is 5.37. The molecule has 2 fully saturated rings. The lowest BCUT2D eigenvalue weighted by molar-refractivity contribution is 0.333. The number of nitrogens with one attached hydrogen (secondary N) is 1. The zero-order chi connectivity index (χ0) is 15.0. The SMILES string of the molecule is Cc1ccc(CN)cc1S(=O)(=O)NCC1CC2CCC1C2. The van der Waals surface area contributed by atoms with Crippen LogP contribution < -0.4 is 10.5 Å². The lowest BCUT2D eigenvalue weighted by Gasteiger charge is -2.22. The number of nitrogens with two attached hydrogens (primary N) is 1. The number of benzene rings is 1. The number of aryl methyl sites for hydroxylation is 1. The van der Waals surface area contributed by atoms with E-state index in [0.29, 0.717) is 23.9 Å². The largest absolute Gasteiger partial charge is 0.326 e. The van der Waals surface area contributed by atoms with Crippen LogP contribution in [0.2, 0.25) is 0 Å². The number of rotatable bonds is 5.